The smallest absolute Gasteiger partial charge is 0.477 e. The van der Waals surface area contributed by atoms with E-state index in [2.05, 4.69) is 19.4 Å². The summed E-state index contributed by atoms with van der Waals surface area (Å²) in [6.07, 6.45) is -9.51. The van der Waals surface area contributed by atoms with Crippen LogP contribution in [0.3, 0.4) is 0 Å². The van der Waals surface area contributed by atoms with Gasteiger partial charge in [-0.3, -0.25) is 0 Å². The van der Waals surface area contributed by atoms with Gasteiger partial charge in [0, 0.05) is 57.1 Å². The summed E-state index contributed by atoms with van der Waals surface area (Å²) in [4.78, 5) is 19.3. The molecule has 0 fully saturated rings. The molecule has 0 saturated carbocycles. The van der Waals surface area contributed by atoms with Crippen molar-refractivity contribution < 1.29 is 50.8 Å². The van der Waals surface area contributed by atoms with Gasteiger partial charge in [0.1, 0.15) is 17.2 Å². The van der Waals surface area contributed by atoms with Crippen LogP contribution in [0.2, 0.25) is 10.0 Å². The summed E-state index contributed by atoms with van der Waals surface area (Å²) in [5, 5.41) is 20.6. The Balaban J connectivity index is 0.000000265. The molecule has 0 unspecified atom stereocenters. The van der Waals surface area contributed by atoms with Gasteiger partial charge in [-0.1, -0.05) is 73.7 Å². The number of aromatic carboxylic acids is 1. The van der Waals surface area contributed by atoms with Crippen LogP contribution >= 0.6 is 46.7 Å². The van der Waals surface area contributed by atoms with E-state index in [4.69, 9.17) is 28.3 Å². The molecule has 0 atom stereocenters. The zero-order chi connectivity index (χ0) is 35.5. The molecule has 0 aliphatic carbocycles. The largest absolute Gasteiger partial charge is 0.573 e. The van der Waals surface area contributed by atoms with Gasteiger partial charge in [-0.15, -0.1) is 26.3 Å². The van der Waals surface area contributed by atoms with Crippen molar-refractivity contribution in [1.82, 2.24) is 9.97 Å². The van der Waals surface area contributed by atoms with Gasteiger partial charge in [-0.25, -0.2) is 4.79 Å². The van der Waals surface area contributed by atoms with E-state index in [1.807, 2.05) is 0 Å². The van der Waals surface area contributed by atoms with Gasteiger partial charge in [-0.2, -0.15) is 0 Å². The fourth-order valence-electron chi connectivity index (χ4n) is 4.49. The Labute approximate surface area is 305 Å². The van der Waals surface area contributed by atoms with Crippen LogP contribution in [0, 0.1) is 0 Å². The van der Waals surface area contributed by atoms with Crippen molar-refractivity contribution in [1.29, 1.82) is 0 Å². The molecule has 0 saturated heterocycles. The summed E-state index contributed by atoms with van der Waals surface area (Å²) >= 11 is 14.5. The van der Waals surface area contributed by atoms with Crippen LogP contribution in [0.5, 0.6) is 11.5 Å². The Kier molecular flexibility index (Phi) is 13.7. The molecule has 0 bridgehead atoms. The van der Waals surface area contributed by atoms with E-state index in [0.717, 1.165) is 27.6 Å². The molecule has 4 aromatic carbocycles. The predicted octanol–water partition coefficient (Wildman–Crippen LogP) is 12.2. The third-order valence-corrected chi connectivity index (χ3v) is 8.85. The standard InChI is InChI=1S/C16H9ClF3NO3S.C16H11ClF3NO2S.2CH4/c17-8-4-12-11(7-13(21-12)15(22)23)14(5-8)25-10-3-1-2-9(6-10)24-16(18,19)20;17-9-4-14-13(6-10(8-22)21-14)15(5-9)24-12-3-1-2-11(7-12)23-16(18,19)20;;/h1-7,21H,(H,22,23);1-7,21-22H,8H2;2*1H4. The number of alkyl halides is 6. The van der Waals surface area contributed by atoms with Gasteiger partial charge in [0.05, 0.1) is 6.61 Å². The van der Waals surface area contributed by atoms with Crippen molar-refractivity contribution in [3.8, 4) is 11.5 Å². The lowest BCUT2D eigenvalue weighted by molar-refractivity contribution is -0.275. The number of hydrogen-bond acceptors (Lipinski definition) is 6. The topological polar surface area (TPSA) is 108 Å². The molecule has 4 N–H and O–H groups in total. The van der Waals surface area contributed by atoms with E-state index in [-0.39, 0.29) is 38.7 Å². The molecule has 51 heavy (non-hydrogen) atoms. The highest BCUT2D eigenvalue weighted by Gasteiger charge is 2.32. The van der Waals surface area contributed by atoms with Crippen molar-refractivity contribution in [2.75, 3.05) is 0 Å². The number of benzene rings is 4. The van der Waals surface area contributed by atoms with Crippen molar-refractivity contribution in [2.45, 2.75) is 53.8 Å². The number of carbonyl (C=O) groups is 1. The van der Waals surface area contributed by atoms with Crippen LogP contribution in [-0.4, -0.2) is 38.9 Å². The summed E-state index contributed by atoms with van der Waals surface area (Å²) < 4.78 is 81.8. The molecule has 2 aromatic heterocycles. The number of fused-ring (bicyclic) bond motifs is 2. The van der Waals surface area contributed by atoms with E-state index in [1.54, 1.807) is 42.5 Å². The third-order valence-electron chi connectivity index (χ3n) is 6.32. The minimum atomic E-state index is -4.77. The first-order valence-electron chi connectivity index (χ1n) is 13.6. The number of hydrogen-bond donors (Lipinski definition) is 4. The first-order valence-corrected chi connectivity index (χ1v) is 16.0. The molecule has 0 aliphatic heterocycles. The molecule has 0 spiro atoms. The van der Waals surface area contributed by atoms with E-state index < -0.39 is 18.7 Å². The maximum Gasteiger partial charge on any atom is 0.573 e. The normalized spacial score (nSPS) is 11.3. The van der Waals surface area contributed by atoms with Gasteiger partial charge in [0.15, 0.2) is 0 Å². The average Bonchev–Trinajstić information content (AvgIpc) is 3.61. The Hall–Kier alpha value is -4.15. The second kappa shape index (κ2) is 16.9. The zero-order valence-electron chi connectivity index (χ0n) is 24.2. The van der Waals surface area contributed by atoms with Crippen molar-refractivity contribution >= 4 is 74.5 Å². The molecular weight excluding hydrogens is 765 g/mol. The van der Waals surface area contributed by atoms with E-state index in [1.165, 1.54) is 54.2 Å². The van der Waals surface area contributed by atoms with Crippen LogP contribution < -0.4 is 9.47 Å². The Morgan fingerprint density at radius 1 is 0.686 bits per heavy atom. The summed E-state index contributed by atoms with van der Waals surface area (Å²) in [6.45, 7) is -0.148. The number of carboxylic acid groups (broad SMARTS) is 1. The molecule has 0 radical (unpaired) electrons. The Morgan fingerprint density at radius 3 is 1.57 bits per heavy atom. The molecule has 0 amide bonds. The molecule has 2 heterocycles. The molecule has 7 nitrogen and oxygen atoms in total. The number of carboxylic acids is 1. The highest BCUT2D eigenvalue weighted by Crippen LogP contribution is 2.39. The molecule has 17 heteroatoms. The fraction of sp³-hybridized carbons (Fsp3) is 0.147. The highest BCUT2D eigenvalue weighted by atomic mass is 35.5. The third kappa shape index (κ3) is 11.4. The fourth-order valence-corrected chi connectivity index (χ4v) is 7.14. The Morgan fingerprint density at radius 2 is 1.14 bits per heavy atom. The lowest BCUT2D eigenvalue weighted by atomic mass is 10.2. The van der Waals surface area contributed by atoms with Gasteiger partial charge in [0.25, 0.3) is 0 Å². The summed E-state index contributed by atoms with van der Waals surface area (Å²) in [5.74, 6) is -1.74. The minimum Gasteiger partial charge on any atom is -0.477 e. The van der Waals surface area contributed by atoms with E-state index >= 15 is 0 Å². The van der Waals surface area contributed by atoms with Gasteiger partial charge < -0.3 is 29.7 Å². The first-order chi connectivity index (χ1) is 23.0. The molecule has 0 aliphatic rings. The summed E-state index contributed by atoms with van der Waals surface area (Å²) in [5.41, 5.74) is 1.89. The maximum atomic E-state index is 12.3. The quantitative estimate of drug-likeness (QED) is 0.114. The monoisotopic (exact) mass is 792 g/mol. The summed E-state index contributed by atoms with van der Waals surface area (Å²) in [7, 11) is 0. The average molecular weight is 794 g/mol. The SMILES string of the molecule is C.C.O=C(O)c1cc2c(Sc3cccc(OC(F)(F)F)c3)cc(Cl)cc2[nH]1.OCc1cc2c(Sc3cccc(OC(F)(F)F)c3)cc(Cl)cc2[nH]1. The van der Waals surface area contributed by atoms with Crippen LogP contribution in [0.15, 0.2) is 105 Å². The number of aliphatic hydroxyl groups is 1. The van der Waals surface area contributed by atoms with Gasteiger partial charge in [-0.05, 0) is 72.8 Å². The number of aromatic nitrogens is 2. The maximum absolute atomic E-state index is 12.3. The first kappa shape index (κ1) is 41.3. The zero-order valence-corrected chi connectivity index (χ0v) is 27.4. The lowest BCUT2D eigenvalue weighted by Gasteiger charge is -2.10. The number of aliphatic hydroxyl groups excluding tert-OH is 1. The second-order valence-electron chi connectivity index (χ2n) is 9.92. The predicted molar refractivity (Wildman–Crippen MR) is 187 cm³/mol. The number of aromatic amines is 2. The van der Waals surface area contributed by atoms with Crippen molar-refractivity contribution in [2.24, 2.45) is 0 Å². The molecule has 6 aromatic rings. The van der Waals surface area contributed by atoms with E-state index in [9.17, 15) is 36.2 Å². The van der Waals surface area contributed by atoms with Crippen LogP contribution in [-0.2, 0) is 6.61 Å². The van der Waals surface area contributed by atoms with Crippen molar-refractivity contribution in [3.05, 3.63) is 106 Å². The number of rotatable bonds is 8. The second-order valence-corrected chi connectivity index (χ2v) is 13.0. The van der Waals surface area contributed by atoms with E-state index in [0.29, 0.717) is 41.3 Å². The number of nitrogens with one attached hydrogen (secondary N) is 2. The van der Waals surface area contributed by atoms with Crippen molar-refractivity contribution in [3.63, 3.8) is 0 Å². The van der Waals surface area contributed by atoms with Gasteiger partial charge in [0.2, 0.25) is 0 Å². The van der Waals surface area contributed by atoms with Crippen LogP contribution in [0.4, 0.5) is 26.3 Å². The molecule has 272 valence electrons. The highest BCUT2D eigenvalue weighted by molar-refractivity contribution is 7.99. The van der Waals surface area contributed by atoms with Crippen LogP contribution in [0.1, 0.15) is 31.0 Å². The number of halogens is 8. The minimum absolute atomic E-state index is 0. The van der Waals surface area contributed by atoms with Crippen LogP contribution in [0.25, 0.3) is 21.8 Å². The summed E-state index contributed by atoms with van der Waals surface area (Å²) in [6, 6.07) is 21.1. The number of H-pyrrole nitrogens is 2. The molecule has 6 rings (SSSR count). The number of ether oxygens (including phenoxy) is 2. The molecular formula is C34H28Cl2F6N2O5S2. The van der Waals surface area contributed by atoms with Gasteiger partial charge >= 0.3 is 18.7 Å². The lowest BCUT2D eigenvalue weighted by Crippen LogP contribution is -2.17. The Bertz CT molecular complexity index is 2140.